The molecule has 2 aromatic rings. The summed E-state index contributed by atoms with van der Waals surface area (Å²) in [7, 11) is 3.76. The molecule has 0 saturated carbocycles. The highest BCUT2D eigenvalue weighted by molar-refractivity contribution is 7.80. The Morgan fingerprint density at radius 3 is 2.38 bits per heavy atom. The Hall–Kier alpha value is -1.91. The van der Waals surface area contributed by atoms with E-state index >= 15 is 0 Å². The van der Waals surface area contributed by atoms with Crippen molar-refractivity contribution in [2.75, 3.05) is 14.2 Å². The van der Waals surface area contributed by atoms with Gasteiger partial charge in [0.05, 0.1) is 7.11 Å². The first kappa shape index (κ1) is 15.5. The number of benzene rings is 2. The van der Waals surface area contributed by atoms with Gasteiger partial charge in [0.15, 0.2) is 0 Å². The van der Waals surface area contributed by atoms with Crippen molar-refractivity contribution in [2.45, 2.75) is 13.1 Å². The molecule has 0 aromatic heterocycles. The first-order valence-electron chi connectivity index (χ1n) is 6.79. The van der Waals surface area contributed by atoms with Crippen LogP contribution in [0.2, 0.25) is 0 Å². The summed E-state index contributed by atoms with van der Waals surface area (Å²) in [5, 5.41) is 0. The van der Waals surface area contributed by atoms with E-state index in [9.17, 15) is 0 Å². The third kappa shape index (κ3) is 4.28. The quantitative estimate of drug-likeness (QED) is 0.833. The monoisotopic (exact) mass is 300 g/mol. The maximum absolute atomic E-state index is 5.77. The number of nitrogens with two attached hydrogens (primary N) is 1. The Kier molecular flexibility index (Phi) is 5.31. The van der Waals surface area contributed by atoms with E-state index in [2.05, 4.69) is 30.1 Å². The highest BCUT2D eigenvalue weighted by atomic mass is 32.1. The Bertz CT molecular complexity index is 610. The smallest absolute Gasteiger partial charge is 0.118 e. The second-order valence-corrected chi connectivity index (χ2v) is 5.48. The van der Waals surface area contributed by atoms with Crippen LogP contribution < -0.4 is 10.5 Å². The molecule has 0 fully saturated rings. The van der Waals surface area contributed by atoms with Crippen LogP contribution in [0.25, 0.3) is 0 Å². The largest absolute Gasteiger partial charge is 0.497 e. The summed E-state index contributed by atoms with van der Waals surface area (Å²) in [6.07, 6.45) is 0. The molecule has 0 aliphatic carbocycles. The lowest BCUT2D eigenvalue weighted by Gasteiger charge is -2.19. The van der Waals surface area contributed by atoms with Crippen LogP contribution in [-0.4, -0.2) is 24.0 Å². The highest BCUT2D eigenvalue weighted by Crippen LogP contribution is 2.15. The van der Waals surface area contributed by atoms with Gasteiger partial charge in [0.1, 0.15) is 10.7 Å². The topological polar surface area (TPSA) is 38.5 Å². The molecule has 3 nitrogen and oxygen atoms in total. The van der Waals surface area contributed by atoms with Crippen molar-refractivity contribution >= 4 is 17.2 Å². The van der Waals surface area contributed by atoms with Crippen molar-refractivity contribution in [2.24, 2.45) is 5.73 Å². The number of hydrogen-bond acceptors (Lipinski definition) is 3. The molecule has 2 rings (SSSR count). The number of nitrogens with zero attached hydrogens (tertiary/aromatic N) is 1. The Labute approximate surface area is 131 Å². The van der Waals surface area contributed by atoms with Crippen molar-refractivity contribution in [1.82, 2.24) is 4.90 Å². The zero-order chi connectivity index (χ0) is 15.2. The zero-order valence-electron chi connectivity index (χ0n) is 12.4. The predicted molar refractivity (Wildman–Crippen MR) is 90.5 cm³/mol. The summed E-state index contributed by atoms with van der Waals surface area (Å²) < 4.78 is 5.17. The minimum absolute atomic E-state index is 0.448. The summed E-state index contributed by atoms with van der Waals surface area (Å²) in [5.74, 6) is 0.875. The van der Waals surface area contributed by atoms with Crippen molar-refractivity contribution in [3.05, 3.63) is 65.2 Å². The molecule has 110 valence electrons. The van der Waals surface area contributed by atoms with Crippen molar-refractivity contribution in [3.63, 3.8) is 0 Å². The minimum Gasteiger partial charge on any atom is -0.497 e. The molecule has 0 aliphatic heterocycles. The fourth-order valence-corrected chi connectivity index (χ4v) is 2.49. The van der Waals surface area contributed by atoms with Gasteiger partial charge in [-0.05, 0) is 30.3 Å². The van der Waals surface area contributed by atoms with Crippen molar-refractivity contribution in [3.8, 4) is 5.75 Å². The van der Waals surface area contributed by atoms with E-state index in [0.29, 0.717) is 4.99 Å². The third-order valence-corrected chi connectivity index (χ3v) is 3.55. The van der Waals surface area contributed by atoms with Gasteiger partial charge < -0.3 is 10.5 Å². The number of thiocarbonyl (C=S) groups is 1. The average Bonchev–Trinajstić information content (AvgIpc) is 2.48. The maximum atomic E-state index is 5.77. The van der Waals surface area contributed by atoms with Gasteiger partial charge in [0.2, 0.25) is 0 Å². The van der Waals surface area contributed by atoms with E-state index in [4.69, 9.17) is 22.7 Å². The average molecular weight is 300 g/mol. The SMILES string of the molecule is COc1ccc(CN(C)Cc2ccccc2C(N)=S)cc1. The molecule has 2 N–H and O–H groups in total. The molecule has 0 atom stereocenters. The van der Waals surface area contributed by atoms with E-state index in [1.807, 2.05) is 30.3 Å². The fraction of sp³-hybridized carbons (Fsp3) is 0.235. The van der Waals surface area contributed by atoms with E-state index in [0.717, 1.165) is 30.0 Å². The van der Waals surface area contributed by atoms with Crippen LogP contribution >= 0.6 is 12.2 Å². The van der Waals surface area contributed by atoms with Gasteiger partial charge in [-0.1, -0.05) is 48.6 Å². The van der Waals surface area contributed by atoms with Crippen LogP contribution in [0.3, 0.4) is 0 Å². The Morgan fingerprint density at radius 1 is 1.10 bits per heavy atom. The molecule has 0 saturated heterocycles. The molecule has 2 aromatic carbocycles. The summed E-state index contributed by atoms with van der Waals surface area (Å²) in [6.45, 7) is 1.66. The van der Waals surface area contributed by atoms with Gasteiger partial charge >= 0.3 is 0 Å². The van der Waals surface area contributed by atoms with Crippen LogP contribution in [0.5, 0.6) is 5.75 Å². The molecule has 0 aliphatic rings. The van der Waals surface area contributed by atoms with Crippen LogP contribution in [0.15, 0.2) is 48.5 Å². The first-order valence-corrected chi connectivity index (χ1v) is 7.20. The molecule has 0 heterocycles. The molecular formula is C17H20N2OS. The number of methoxy groups -OCH3 is 1. The second-order valence-electron chi connectivity index (χ2n) is 5.04. The molecule has 4 heteroatoms. The number of rotatable bonds is 6. The standard InChI is InChI=1S/C17H20N2OS/c1-19(11-13-7-9-15(20-2)10-8-13)12-14-5-3-4-6-16(14)17(18)21/h3-10H,11-12H2,1-2H3,(H2,18,21). The van der Waals surface area contributed by atoms with Gasteiger partial charge in [0, 0.05) is 18.7 Å². The summed E-state index contributed by atoms with van der Waals surface area (Å²) in [6, 6.07) is 16.1. The Balaban J connectivity index is 2.04. The van der Waals surface area contributed by atoms with Gasteiger partial charge in [-0.2, -0.15) is 0 Å². The van der Waals surface area contributed by atoms with Crippen LogP contribution in [0.4, 0.5) is 0 Å². The molecule has 0 amide bonds. The molecule has 21 heavy (non-hydrogen) atoms. The summed E-state index contributed by atoms with van der Waals surface area (Å²) in [5.41, 5.74) is 9.12. The van der Waals surface area contributed by atoms with Gasteiger partial charge in [0.25, 0.3) is 0 Å². The van der Waals surface area contributed by atoms with E-state index in [1.165, 1.54) is 5.56 Å². The fourth-order valence-electron chi connectivity index (χ4n) is 2.29. The van der Waals surface area contributed by atoms with Crippen molar-refractivity contribution in [1.29, 1.82) is 0 Å². The second kappa shape index (κ2) is 7.20. The summed E-state index contributed by atoms with van der Waals surface area (Å²) >= 11 is 5.11. The number of hydrogen-bond donors (Lipinski definition) is 1. The first-order chi connectivity index (χ1) is 10.1. The van der Waals surface area contributed by atoms with E-state index < -0.39 is 0 Å². The Morgan fingerprint density at radius 2 is 1.76 bits per heavy atom. The number of ether oxygens (including phenoxy) is 1. The van der Waals surface area contributed by atoms with Crippen LogP contribution in [0, 0.1) is 0 Å². The molecule has 0 spiro atoms. The lowest BCUT2D eigenvalue weighted by molar-refractivity contribution is 0.318. The third-order valence-electron chi connectivity index (χ3n) is 3.33. The van der Waals surface area contributed by atoms with Gasteiger partial charge in [-0.3, -0.25) is 4.90 Å². The molecular weight excluding hydrogens is 280 g/mol. The summed E-state index contributed by atoms with van der Waals surface area (Å²) in [4.78, 5) is 2.68. The minimum atomic E-state index is 0.448. The van der Waals surface area contributed by atoms with Crippen molar-refractivity contribution < 1.29 is 4.74 Å². The lowest BCUT2D eigenvalue weighted by atomic mass is 10.1. The van der Waals surface area contributed by atoms with Crippen LogP contribution in [0.1, 0.15) is 16.7 Å². The van der Waals surface area contributed by atoms with Gasteiger partial charge in [-0.15, -0.1) is 0 Å². The normalized spacial score (nSPS) is 10.6. The molecule has 0 radical (unpaired) electrons. The highest BCUT2D eigenvalue weighted by Gasteiger charge is 2.07. The molecule has 0 bridgehead atoms. The van der Waals surface area contributed by atoms with Crippen LogP contribution in [-0.2, 0) is 13.1 Å². The van der Waals surface area contributed by atoms with E-state index in [1.54, 1.807) is 7.11 Å². The zero-order valence-corrected chi connectivity index (χ0v) is 13.2. The maximum Gasteiger partial charge on any atom is 0.118 e. The lowest BCUT2D eigenvalue weighted by Crippen LogP contribution is -2.20. The molecule has 0 unspecified atom stereocenters. The van der Waals surface area contributed by atoms with Gasteiger partial charge in [-0.25, -0.2) is 0 Å². The predicted octanol–water partition coefficient (Wildman–Crippen LogP) is 2.96. The van der Waals surface area contributed by atoms with E-state index in [-0.39, 0.29) is 0 Å².